The van der Waals surface area contributed by atoms with Crippen LogP contribution >= 0.6 is 0 Å². The standard InChI is InChI=1S/C12H21NO6/c1-11(2,3)19-10(18)13-7(6-8(14)15)12(4,5)9(16)17/h7H,6H2,1-5H3,(H,13,18)(H,14,15)(H,16,17). The van der Waals surface area contributed by atoms with Gasteiger partial charge in [-0.2, -0.15) is 0 Å². The maximum Gasteiger partial charge on any atom is 0.407 e. The molecule has 0 bridgehead atoms. The zero-order chi connectivity index (χ0) is 15.4. The van der Waals surface area contributed by atoms with E-state index >= 15 is 0 Å². The van der Waals surface area contributed by atoms with E-state index in [0.29, 0.717) is 0 Å². The zero-order valence-corrected chi connectivity index (χ0v) is 11.8. The van der Waals surface area contributed by atoms with Crippen molar-refractivity contribution in [3.63, 3.8) is 0 Å². The quantitative estimate of drug-likeness (QED) is 0.700. The molecule has 0 heterocycles. The first-order chi connectivity index (χ1) is 8.36. The predicted octanol–water partition coefficient (Wildman–Crippen LogP) is 1.47. The van der Waals surface area contributed by atoms with Crippen LogP contribution in [0, 0.1) is 5.41 Å². The van der Waals surface area contributed by atoms with Gasteiger partial charge in [0.25, 0.3) is 0 Å². The summed E-state index contributed by atoms with van der Waals surface area (Å²) in [5.74, 6) is -2.40. The zero-order valence-electron chi connectivity index (χ0n) is 11.8. The molecule has 0 aliphatic heterocycles. The molecule has 3 N–H and O–H groups in total. The summed E-state index contributed by atoms with van der Waals surface area (Å²) in [6.45, 7) is 7.66. The monoisotopic (exact) mass is 275 g/mol. The van der Waals surface area contributed by atoms with Gasteiger partial charge in [0.15, 0.2) is 0 Å². The largest absolute Gasteiger partial charge is 0.481 e. The molecule has 0 saturated heterocycles. The van der Waals surface area contributed by atoms with Crippen molar-refractivity contribution in [3.8, 4) is 0 Å². The molecule has 0 spiro atoms. The average Bonchev–Trinajstić information content (AvgIpc) is 2.12. The molecule has 110 valence electrons. The number of rotatable bonds is 5. The van der Waals surface area contributed by atoms with Crippen LogP contribution in [0.1, 0.15) is 41.0 Å². The van der Waals surface area contributed by atoms with Crippen LogP contribution in [-0.2, 0) is 14.3 Å². The number of aliphatic carboxylic acids is 2. The van der Waals surface area contributed by atoms with Crippen LogP contribution in [0.2, 0.25) is 0 Å². The molecule has 0 aliphatic carbocycles. The minimum absolute atomic E-state index is 0.501. The molecule has 1 amide bonds. The van der Waals surface area contributed by atoms with Gasteiger partial charge in [0.1, 0.15) is 5.60 Å². The van der Waals surface area contributed by atoms with E-state index < -0.39 is 41.5 Å². The molecule has 0 rings (SSSR count). The van der Waals surface area contributed by atoms with Crippen LogP contribution in [0.25, 0.3) is 0 Å². The molecule has 19 heavy (non-hydrogen) atoms. The highest BCUT2D eigenvalue weighted by Gasteiger charge is 2.39. The Morgan fingerprint density at radius 3 is 1.89 bits per heavy atom. The number of ether oxygens (including phenoxy) is 1. The number of carboxylic acids is 2. The number of carbonyl (C=O) groups excluding carboxylic acids is 1. The van der Waals surface area contributed by atoms with Gasteiger partial charge in [-0.3, -0.25) is 9.59 Å². The van der Waals surface area contributed by atoms with Gasteiger partial charge < -0.3 is 20.3 Å². The Morgan fingerprint density at radius 1 is 1.11 bits per heavy atom. The maximum absolute atomic E-state index is 11.6. The van der Waals surface area contributed by atoms with Crippen molar-refractivity contribution in [2.75, 3.05) is 0 Å². The molecule has 0 radical (unpaired) electrons. The summed E-state index contributed by atoms with van der Waals surface area (Å²) >= 11 is 0. The Kier molecular flexibility index (Phi) is 5.34. The van der Waals surface area contributed by atoms with Gasteiger partial charge in [-0.05, 0) is 34.6 Å². The van der Waals surface area contributed by atoms with Crippen LogP contribution in [0.5, 0.6) is 0 Å². The van der Waals surface area contributed by atoms with Crippen molar-refractivity contribution in [2.45, 2.75) is 52.7 Å². The second-order valence-corrected chi connectivity index (χ2v) is 5.82. The number of alkyl carbamates (subject to hydrolysis) is 1. The summed E-state index contributed by atoms with van der Waals surface area (Å²) in [7, 11) is 0. The van der Waals surface area contributed by atoms with Crippen molar-refractivity contribution in [1.82, 2.24) is 5.32 Å². The van der Waals surface area contributed by atoms with Crippen molar-refractivity contribution in [2.24, 2.45) is 5.41 Å². The van der Waals surface area contributed by atoms with Crippen LogP contribution in [0.3, 0.4) is 0 Å². The molecule has 0 aromatic heterocycles. The summed E-state index contributed by atoms with van der Waals surface area (Å²) in [5.41, 5.74) is -2.17. The van der Waals surface area contributed by atoms with Gasteiger partial charge in [-0.25, -0.2) is 4.79 Å². The Labute approximate surface area is 111 Å². The highest BCUT2D eigenvalue weighted by molar-refractivity contribution is 5.79. The molecular formula is C12H21NO6. The predicted molar refractivity (Wildman–Crippen MR) is 66.8 cm³/mol. The summed E-state index contributed by atoms with van der Waals surface area (Å²) in [6.07, 6.45) is -1.34. The van der Waals surface area contributed by atoms with Gasteiger partial charge >= 0.3 is 18.0 Å². The third kappa shape index (κ3) is 6.08. The van der Waals surface area contributed by atoms with Crippen molar-refractivity contribution < 1.29 is 29.3 Å². The number of hydrogen-bond donors (Lipinski definition) is 3. The van der Waals surface area contributed by atoms with E-state index in [9.17, 15) is 14.4 Å². The van der Waals surface area contributed by atoms with Crippen LogP contribution < -0.4 is 5.32 Å². The lowest BCUT2D eigenvalue weighted by atomic mass is 9.82. The Balaban J connectivity index is 4.94. The third-order valence-electron chi connectivity index (χ3n) is 2.49. The minimum Gasteiger partial charge on any atom is -0.481 e. The Bertz CT molecular complexity index is 369. The summed E-state index contributed by atoms with van der Waals surface area (Å²) < 4.78 is 4.99. The Morgan fingerprint density at radius 2 is 1.58 bits per heavy atom. The SMILES string of the molecule is CC(C)(C)OC(=O)NC(CC(=O)O)C(C)(C)C(=O)O. The molecule has 0 saturated carbocycles. The lowest BCUT2D eigenvalue weighted by Gasteiger charge is -2.31. The normalized spacial score (nSPS) is 13.5. The number of amides is 1. The topological polar surface area (TPSA) is 113 Å². The van der Waals surface area contributed by atoms with Gasteiger partial charge in [0, 0.05) is 0 Å². The highest BCUT2D eigenvalue weighted by atomic mass is 16.6. The van der Waals surface area contributed by atoms with Gasteiger partial charge in [-0.15, -0.1) is 0 Å². The van der Waals surface area contributed by atoms with E-state index in [-0.39, 0.29) is 0 Å². The number of nitrogens with one attached hydrogen (secondary N) is 1. The molecule has 7 nitrogen and oxygen atoms in total. The lowest BCUT2D eigenvalue weighted by molar-refractivity contribution is -0.149. The van der Waals surface area contributed by atoms with Crippen LogP contribution in [0.4, 0.5) is 4.79 Å². The molecule has 0 aliphatic rings. The van der Waals surface area contributed by atoms with Crippen molar-refractivity contribution >= 4 is 18.0 Å². The summed E-state index contributed by atoms with van der Waals surface area (Å²) in [6, 6.07) is -1.07. The average molecular weight is 275 g/mol. The van der Waals surface area contributed by atoms with E-state index in [2.05, 4.69) is 5.32 Å². The number of carbonyl (C=O) groups is 3. The molecule has 1 atom stereocenters. The van der Waals surface area contributed by atoms with Gasteiger partial charge in [0.2, 0.25) is 0 Å². The summed E-state index contributed by atoms with van der Waals surface area (Å²) in [4.78, 5) is 33.5. The van der Waals surface area contributed by atoms with Gasteiger partial charge in [-0.1, -0.05) is 0 Å². The first kappa shape index (κ1) is 17.2. The fourth-order valence-corrected chi connectivity index (χ4v) is 1.26. The van der Waals surface area contributed by atoms with E-state index in [1.54, 1.807) is 20.8 Å². The van der Waals surface area contributed by atoms with E-state index in [1.165, 1.54) is 13.8 Å². The van der Waals surface area contributed by atoms with Gasteiger partial charge in [0.05, 0.1) is 17.9 Å². The lowest BCUT2D eigenvalue weighted by Crippen LogP contribution is -2.51. The third-order valence-corrected chi connectivity index (χ3v) is 2.49. The molecule has 7 heteroatoms. The smallest absolute Gasteiger partial charge is 0.407 e. The molecular weight excluding hydrogens is 254 g/mol. The summed E-state index contributed by atoms with van der Waals surface area (Å²) in [5, 5.41) is 20.2. The number of hydrogen-bond acceptors (Lipinski definition) is 4. The van der Waals surface area contributed by atoms with Crippen molar-refractivity contribution in [1.29, 1.82) is 0 Å². The molecule has 0 aromatic rings. The van der Waals surface area contributed by atoms with E-state index in [4.69, 9.17) is 14.9 Å². The van der Waals surface area contributed by atoms with Crippen molar-refractivity contribution in [3.05, 3.63) is 0 Å². The highest BCUT2D eigenvalue weighted by Crippen LogP contribution is 2.24. The number of carboxylic acid groups (broad SMARTS) is 2. The molecule has 0 aromatic carbocycles. The second-order valence-electron chi connectivity index (χ2n) is 5.82. The van der Waals surface area contributed by atoms with E-state index in [1.807, 2.05) is 0 Å². The minimum atomic E-state index is -1.42. The van der Waals surface area contributed by atoms with Crippen LogP contribution in [0.15, 0.2) is 0 Å². The fraction of sp³-hybridized carbons (Fsp3) is 0.750. The second kappa shape index (κ2) is 5.90. The first-order valence-corrected chi connectivity index (χ1v) is 5.81. The fourth-order valence-electron chi connectivity index (χ4n) is 1.26. The maximum atomic E-state index is 11.6. The molecule has 0 fully saturated rings. The van der Waals surface area contributed by atoms with Crippen LogP contribution in [-0.4, -0.2) is 39.9 Å². The Hall–Kier alpha value is -1.79. The van der Waals surface area contributed by atoms with E-state index in [0.717, 1.165) is 0 Å². The molecule has 1 unspecified atom stereocenters. The first-order valence-electron chi connectivity index (χ1n) is 5.81.